The molecule has 2 amide bonds. The van der Waals surface area contributed by atoms with E-state index in [0.717, 1.165) is 29.8 Å². The van der Waals surface area contributed by atoms with E-state index in [2.05, 4.69) is 10.6 Å². The maximum atomic E-state index is 12.2. The Balaban J connectivity index is 1.52. The molecule has 0 atom stereocenters. The normalized spacial score (nSPS) is 13.2. The number of amides is 2. The predicted octanol–water partition coefficient (Wildman–Crippen LogP) is 3.03. The largest absolute Gasteiger partial charge is 0.378 e. The van der Waals surface area contributed by atoms with Crippen LogP contribution in [-0.4, -0.2) is 25.9 Å². The zero-order valence-corrected chi connectivity index (χ0v) is 14.6. The minimum Gasteiger partial charge on any atom is -0.378 e. The smallest absolute Gasteiger partial charge is 0.251 e. The lowest BCUT2D eigenvalue weighted by Crippen LogP contribution is -2.22. The van der Waals surface area contributed by atoms with E-state index in [1.807, 2.05) is 43.3 Å². The summed E-state index contributed by atoms with van der Waals surface area (Å²) in [6.07, 6.45) is 1.95. The van der Waals surface area contributed by atoms with Gasteiger partial charge in [-0.3, -0.25) is 9.59 Å². The minimum atomic E-state index is -0.128. The standard InChI is InChI=1S/C20H23N3O2/c1-23(2)18-11-3-14(4-12-18)13-21-19(24)15-7-9-17(10-8-15)22-20(25)16-5-6-16/h3-4,7-12,16H,5-6,13H2,1-2H3,(H,21,24)(H,22,25). The fourth-order valence-electron chi connectivity index (χ4n) is 2.49. The number of carbonyl (C=O) groups excluding carboxylic acids is 2. The summed E-state index contributed by atoms with van der Waals surface area (Å²) in [6, 6.07) is 15.1. The topological polar surface area (TPSA) is 61.4 Å². The fraction of sp³-hybridized carbons (Fsp3) is 0.300. The fourth-order valence-corrected chi connectivity index (χ4v) is 2.49. The molecule has 2 N–H and O–H groups in total. The van der Waals surface area contributed by atoms with Crippen LogP contribution in [0.25, 0.3) is 0 Å². The second kappa shape index (κ2) is 7.38. The van der Waals surface area contributed by atoms with Crippen LogP contribution < -0.4 is 15.5 Å². The van der Waals surface area contributed by atoms with Gasteiger partial charge >= 0.3 is 0 Å². The van der Waals surface area contributed by atoms with Crippen molar-refractivity contribution in [3.63, 3.8) is 0 Å². The zero-order chi connectivity index (χ0) is 17.8. The van der Waals surface area contributed by atoms with Crippen LogP contribution in [-0.2, 0) is 11.3 Å². The number of hydrogen-bond acceptors (Lipinski definition) is 3. The predicted molar refractivity (Wildman–Crippen MR) is 99.7 cm³/mol. The summed E-state index contributed by atoms with van der Waals surface area (Å²) in [6.45, 7) is 0.479. The van der Waals surface area contributed by atoms with Gasteiger partial charge in [0.1, 0.15) is 0 Å². The molecule has 1 aliphatic rings. The Morgan fingerprint density at radius 2 is 1.64 bits per heavy atom. The third-order valence-electron chi connectivity index (χ3n) is 4.27. The molecule has 0 spiro atoms. The molecule has 5 nitrogen and oxygen atoms in total. The van der Waals surface area contributed by atoms with Crippen molar-refractivity contribution in [1.29, 1.82) is 0 Å². The van der Waals surface area contributed by atoms with Gasteiger partial charge in [-0.2, -0.15) is 0 Å². The summed E-state index contributed by atoms with van der Waals surface area (Å²) >= 11 is 0. The number of hydrogen-bond donors (Lipinski definition) is 2. The van der Waals surface area contributed by atoms with Gasteiger partial charge < -0.3 is 15.5 Å². The van der Waals surface area contributed by atoms with Gasteiger partial charge in [0.25, 0.3) is 5.91 Å². The molecule has 0 radical (unpaired) electrons. The quantitative estimate of drug-likeness (QED) is 0.852. The summed E-state index contributed by atoms with van der Waals surface area (Å²) in [5.41, 5.74) is 3.48. The lowest BCUT2D eigenvalue weighted by molar-refractivity contribution is -0.117. The molecule has 0 heterocycles. The summed E-state index contributed by atoms with van der Waals surface area (Å²) in [5, 5.41) is 5.78. The average molecular weight is 337 g/mol. The molecule has 3 rings (SSSR count). The minimum absolute atomic E-state index is 0.0679. The van der Waals surface area contributed by atoms with Gasteiger partial charge in [-0.15, -0.1) is 0 Å². The van der Waals surface area contributed by atoms with E-state index in [0.29, 0.717) is 12.1 Å². The van der Waals surface area contributed by atoms with Crippen molar-refractivity contribution in [3.8, 4) is 0 Å². The lowest BCUT2D eigenvalue weighted by Gasteiger charge is -2.13. The maximum Gasteiger partial charge on any atom is 0.251 e. The molecule has 130 valence electrons. The van der Waals surface area contributed by atoms with Crippen LogP contribution in [0.4, 0.5) is 11.4 Å². The molecule has 5 heteroatoms. The summed E-state index contributed by atoms with van der Waals surface area (Å²) in [4.78, 5) is 26.0. The van der Waals surface area contributed by atoms with Crippen LogP contribution >= 0.6 is 0 Å². The van der Waals surface area contributed by atoms with Crippen LogP contribution in [0.5, 0.6) is 0 Å². The maximum absolute atomic E-state index is 12.2. The van der Waals surface area contributed by atoms with Crippen molar-refractivity contribution in [2.45, 2.75) is 19.4 Å². The first-order chi connectivity index (χ1) is 12.0. The van der Waals surface area contributed by atoms with E-state index in [4.69, 9.17) is 0 Å². The van der Waals surface area contributed by atoms with Gasteiger partial charge in [-0.1, -0.05) is 12.1 Å². The van der Waals surface area contributed by atoms with E-state index < -0.39 is 0 Å². The van der Waals surface area contributed by atoms with Crippen LogP contribution in [0.2, 0.25) is 0 Å². The number of carbonyl (C=O) groups is 2. The second-order valence-corrected chi connectivity index (χ2v) is 6.58. The number of benzene rings is 2. The van der Waals surface area contributed by atoms with Gasteiger partial charge in [-0.05, 0) is 54.8 Å². The van der Waals surface area contributed by atoms with E-state index in [9.17, 15) is 9.59 Å². The summed E-state index contributed by atoms with van der Waals surface area (Å²) in [7, 11) is 3.99. The van der Waals surface area contributed by atoms with Crippen molar-refractivity contribution >= 4 is 23.2 Å². The molecular formula is C20H23N3O2. The van der Waals surface area contributed by atoms with Gasteiger partial charge in [0.05, 0.1) is 0 Å². The van der Waals surface area contributed by atoms with Gasteiger partial charge in [0, 0.05) is 43.5 Å². The molecule has 0 saturated heterocycles. The second-order valence-electron chi connectivity index (χ2n) is 6.58. The van der Waals surface area contributed by atoms with Crippen LogP contribution in [0.15, 0.2) is 48.5 Å². The molecule has 2 aromatic rings. The molecule has 0 unspecified atom stereocenters. The Hall–Kier alpha value is -2.82. The molecule has 0 aliphatic heterocycles. The van der Waals surface area contributed by atoms with E-state index in [1.54, 1.807) is 24.3 Å². The van der Waals surface area contributed by atoms with E-state index in [1.165, 1.54) is 0 Å². The highest BCUT2D eigenvalue weighted by molar-refractivity contribution is 5.96. The molecule has 25 heavy (non-hydrogen) atoms. The Bertz CT molecular complexity index is 748. The number of nitrogens with one attached hydrogen (secondary N) is 2. The first-order valence-corrected chi connectivity index (χ1v) is 8.48. The molecule has 1 fully saturated rings. The first kappa shape index (κ1) is 17.0. The SMILES string of the molecule is CN(C)c1ccc(CNC(=O)c2ccc(NC(=O)C3CC3)cc2)cc1. The Labute approximate surface area is 148 Å². The van der Waals surface area contributed by atoms with Crippen LogP contribution in [0.1, 0.15) is 28.8 Å². The van der Waals surface area contributed by atoms with Crippen molar-refractivity contribution in [2.75, 3.05) is 24.3 Å². The summed E-state index contributed by atoms with van der Waals surface area (Å²) < 4.78 is 0. The van der Waals surface area contributed by atoms with Crippen molar-refractivity contribution in [3.05, 3.63) is 59.7 Å². The molecule has 0 aromatic heterocycles. The third kappa shape index (κ3) is 4.59. The first-order valence-electron chi connectivity index (χ1n) is 8.48. The van der Waals surface area contributed by atoms with E-state index in [-0.39, 0.29) is 17.7 Å². The highest BCUT2D eigenvalue weighted by Gasteiger charge is 2.29. The third-order valence-corrected chi connectivity index (χ3v) is 4.27. The molecular weight excluding hydrogens is 314 g/mol. The van der Waals surface area contributed by atoms with Crippen molar-refractivity contribution < 1.29 is 9.59 Å². The van der Waals surface area contributed by atoms with Crippen molar-refractivity contribution in [2.24, 2.45) is 5.92 Å². The highest BCUT2D eigenvalue weighted by Crippen LogP contribution is 2.30. The highest BCUT2D eigenvalue weighted by atomic mass is 16.2. The Kier molecular flexibility index (Phi) is 5.03. The van der Waals surface area contributed by atoms with Gasteiger partial charge in [0.2, 0.25) is 5.91 Å². The molecule has 1 aliphatic carbocycles. The summed E-state index contributed by atoms with van der Waals surface area (Å²) in [5.74, 6) is 0.108. The zero-order valence-electron chi connectivity index (χ0n) is 14.6. The van der Waals surface area contributed by atoms with Crippen LogP contribution in [0.3, 0.4) is 0 Å². The molecule has 1 saturated carbocycles. The van der Waals surface area contributed by atoms with Crippen LogP contribution in [0, 0.1) is 5.92 Å². The monoisotopic (exact) mass is 337 g/mol. The number of rotatable bonds is 6. The Morgan fingerprint density at radius 1 is 1.00 bits per heavy atom. The Morgan fingerprint density at radius 3 is 2.20 bits per heavy atom. The van der Waals surface area contributed by atoms with Crippen molar-refractivity contribution in [1.82, 2.24) is 5.32 Å². The lowest BCUT2D eigenvalue weighted by atomic mass is 10.1. The number of nitrogens with zero attached hydrogens (tertiary/aromatic N) is 1. The number of anilines is 2. The van der Waals surface area contributed by atoms with E-state index >= 15 is 0 Å². The average Bonchev–Trinajstić information content (AvgIpc) is 3.46. The molecule has 2 aromatic carbocycles. The van der Waals surface area contributed by atoms with Gasteiger partial charge in [-0.25, -0.2) is 0 Å². The molecule has 0 bridgehead atoms. The van der Waals surface area contributed by atoms with Gasteiger partial charge in [0.15, 0.2) is 0 Å².